The Balaban J connectivity index is 2.57. The van der Waals surface area contributed by atoms with Gasteiger partial charge >= 0.3 is 12.0 Å². The number of carboxylic acid groups (broad SMARTS) is 1. The molecule has 0 saturated heterocycles. The maximum absolute atomic E-state index is 12.1. The Morgan fingerprint density at radius 2 is 2.00 bits per heavy atom. The molecule has 1 aliphatic carbocycles. The molecule has 0 aromatic carbocycles. The van der Waals surface area contributed by atoms with Gasteiger partial charge in [-0.25, -0.2) is 18.0 Å². The van der Waals surface area contributed by atoms with Gasteiger partial charge in [-0.3, -0.25) is 0 Å². The van der Waals surface area contributed by atoms with Gasteiger partial charge in [0.15, 0.2) is 0 Å². The van der Waals surface area contributed by atoms with Crippen LogP contribution in [0.1, 0.15) is 32.6 Å². The first-order chi connectivity index (χ1) is 9.73. The molecule has 0 aromatic heterocycles. The standard InChI is InChI=1S/C13H24N2O5S/c1-3-7-15(9-10-4-5-10)13(18)14-11(12(16)17)6-8-21(2,19)20/h10-11H,3-9H2,1-2H3,(H,14,18)(H,16,17). The highest BCUT2D eigenvalue weighted by atomic mass is 32.2. The minimum atomic E-state index is -3.26. The summed E-state index contributed by atoms with van der Waals surface area (Å²) in [5, 5.41) is 11.5. The summed E-state index contributed by atoms with van der Waals surface area (Å²) < 4.78 is 22.2. The van der Waals surface area contributed by atoms with Crippen LogP contribution in [0.5, 0.6) is 0 Å². The number of carboxylic acids is 1. The summed E-state index contributed by atoms with van der Waals surface area (Å²) in [5.41, 5.74) is 0. The predicted octanol–water partition coefficient (Wildman–Crippen LogP) is 0.706. The van der Waals surface area contributed by atoms with Crippen LogP contribution in [0.15, 0.2) is 0 Å². The molecule has 2 amide bonds. The molecule has 1 saturated carbocycles. The van der Waals surface area contributed by atoms with Crippen LogP contribution in [-0.4, -0.2) is 61.6 Å². The van der Waals surface area contributed by atoms with Crippen LogP contribution in [0.3, 0.4) is 0 Å². The van der Waals surface area contributed by atoms with E-state index in [4.69, 9.17) is 5.11 Å². The second-order valence-electron chi connectivity index (χ2n) is 5.65. The highest BCUT2D eigenvalue weighted by Gasteiger charge is 2.29. The average Bonchev–Trinajstić information content (AvgIpc) is 3.16. The van der Waals surface area contributed by atoms with Gasteiger partial charge in [0.2, 0.25) is 0 Å². The van der Waals surface area contributed by atoms with E-state index in [-0.39, 0.29) is 12.2 Å². The molecule has 0 aromatic rings. The Hall–Kier alpha value is -1.31. The lowest BCUT2D eigenvalue weighted by Crippen LogP contribution is -2.49. The number of carbonyl (C=O) groups excluding carboxylic acids is 1. The lowest BCUT2D eigenvalue weighted by atomic mass is 10.2. The maximum Gasteiger partial charge on any atom is 0.326 e. The fraction of sp³-hybridized carbons (Fsp3) is 0.846. The third-order valence-electron chi connectivity index (χ3n) is 3.33. The van der Waals surface area contributed by atoms with E-state index in [0.717, 1.165) is 25.5 Å². The van der Waals surface area contributed by atoms with E-state index in [1.54, 1.807) is 4.90 Å². The van der Waals surface area contributed by atoms with E-state index >= 15 is 0 Å². The van der Waals surface area contributed by atoms with Crippen molar-refractivity contribution in [1.82, 2.24) is 10.2 Å². The van der Waals surface area contributed by atoms with Crippen LogP contribution in [0.25, 0.3) is 0 Å². The summed E-state index contributed by atoms with van der Waals surface area (Å²) >= 11 is 0. The third-order valence-corrected chi connectivity index (χ3v) is 4.31. The Labute approximate surface area is 125 Å². The second-order valence-corrected chi connectivity index (χ2v) is 7.91. The van der Waals surface area contributed by atoms with E-state index in [0.29, 0.717) is 19.0 Å². The topological polar surface area (TPSA) is 104 Å². The van der Waals surface area contributed by atoms with Crippen LogP contribution in [0.2, 0.25) is 0 Å². The van der Waals surface area contributed by atoms with Crippen molar-refractivity contribution in [2.45, 2.75) is 38.6 Å². The first-order valence-electron chi connectivity index (χ1n) is 7.19. The average molecular weight is 320 g/mol. The van der Waals surface area contributed by atoms with Gasteiger partial charge in [0.25, 0.3) is 0 Å². The highest BCUT2D eigenvalue weighted by Crippen LogP contribution is 2.29. The van der Waals surface area contributed by atoms with Gasteiger partial charge < -0.3 is 15.3 Å². The Morgan fingerprint density at radius 3 is 2.43 bits per heavy atom. The van der Waals surface area contributed by atoms with E-state index in [9.17, 15) is 18.0 Å². The van der Waals surface area contributed by atoms with Crippen molar-refractivity contribution in [3.63, 3.8) is 0 Å². The van der Waals surface area contributed by atoms with Gasteiger partial charge in [0.1, 0.15) is 15.9 Å². The number of nitrogens with zero attached hydrogens (tertiary/aromatic N) is 1. The van der Waals surface area contributed by atoms with Crippen molar-refractivity contribution in [3.05, 3.63) is 0 Å². The monoisotopic (exact) mass is 320 g/mol. The van der Waals surface area contributed by atoms with Gasteiger partial charge in [-0.2, -0.15) is 0 Å². The molecule has 1 unspecified atom stereocenters. The number of hydrogen-bond acceptors (Lipinski definition) is 4. The summed E-state index contributed by atoms with van der Waals surface area (Å²) in [6.07, 6.45) is 3.92. The fourth-order valence-corrected chi connectivity index (χ4v) is 2.65. The number of amides is 2. The lowest BCUT2D eigenvalue weighted by molar-refractivity contribution is -0.139. The molecular weight excluding hydrogens is 296 g/mol. The van der Waals surface area contributed by atoms with Crippen LogP contribution in [0, 0.1) is 5.92 Å². The van der Waals surface area contributed by atoms with Crippen molar-refractivity contribution < 1.29 is 23.1 Å². The van der Waals surface area contributed by atoms with Gasteiger partial charge in [-0.1, -0.05) is 6.92 Å². The summed E-state index contributed by atoms with van der Waals surface area (Å²) in [5.74, 6) is -0.961. The Morgan fingerprint density at radius 1 is 1.38 bits per heavy atom. The molecule has 8 heteroatoms. The molecule has 1 rings (SSSR count). The molecule has 122 valence electrons. The number of urea groups is 1. The molecule has 2 N–H and O–H groups in total. The van der Waals surface area contributed by atoms with E-state index in [2.05, 4.69) is 5.32 Å². The molecule has 0 spiro atoms. The van der Waals surface area contributed by atoms with Crippen LogP contribution < -0.4 is 5.32 Å². The maximum atomic E-state index is 12.1. The first kappa shape index (κ1) is 17.7. The van der Waals surface area contributed by atoms with Gasteiger partial charge in [0, 0.05) is 19.3 Å². The number of nitrogens with one attached hydrogen (secondary N) is 1. The molecule has 0 aliphatic heterocycles. The van der Waals surface area contributed by atoms with E-state index in [1.807, 2.05) is 6.92 Å². The summed E-state index contributed by atoms with van der Waals surface area (Å²) in [4.78, 5) is 24.9. The smallest absolute Gasteiger partial charge is 0.326 e. The number of sulfone groups is 1. The zero-order valence-corrected chi connectivity index (χ0v) is 13.4. The normalized spacial score (nSPS) is 16.3. The SMILES string of the molecule is CCCN(CC1CC1)C(=O)NC(CCS(C)(=O)=O)C(=O)O. The summed E-state index contributed by atoms with van der Waals surface area (Å²) in [6.45, 7) is 3.16. The quantitative estimate of drug-likeness (QED) is 0.651. The zero-order chi connectivity index (χ0) is 16.0. The number of aliphatic carboxylic acids is 1. The van der Waals surface area contributed by atoms with Crippen molar-refractivity contribution in [2.75, 3.05) is 25.1 Å². The summed E-state index contributed by atoms with van der Waals surface area (Å²) in [7, 11) is -3.26. The Kier molecular flexibility index (Phi) is 6.44. The number of rotatable bonds is 9. The van der Waals surface area contributed by atoms with Crippen molar-refractivity contribution in [1.29, 1.82) is 0 Å². The van der Waals surface area contributed by atoms with Gasteiger partial charge in [-0.15, -0.1) is 0 Å². The second kappa shape index (κ2) is 7.63. The fourth-order valence-electron chi connectivity index (χ4n) is 1.99. The minimum absolute atomic E-state index is 0.122. The highest BCUT2D eigenvalue weighted by molar-refractivity contribution is 7.90. The minimum Gasteiger partial charge on any atom is -0.480 e. The molecule has 21 heavy (non-hydrogen) atoms. The van der Waals surface area contributed by atoms with Crippen molar-refractivity contribution >= 4 is 21.8 Å². The van der Waals surface area contributed by atoms with E-state index in [1.165, 1.54) is 0 Å². The van der Waals surface area contributed by atoms with Crippen LogP contribution in [0.4, 0.5) is 4.79 Å². The zero-order valence-electron chi connectivity index (χ0n) is 12.5. The molecule has 1 fully saturated rings. The number of carbonyl (C=O) groups is 2. The largest absolute Gasteiger partial charge is 0.480 e. The van der Waals surface area contributed by atoms with E-state index < -0.39 is 27.9 Å². The number of hydrogen-bond donors (Lipinski definition) is 2. The van der Waals surface area contributed by atoms with Crippen molar-refractivity contribution in [3.8, 4) is 0 Å². The van der Waals surface area contributed by atoms with Gasteiger partial charge in [-0.05, 0) is 31.6 Å². The molecular formula is C13H24N2O5S. The molecule has 1 aliphatic rings. The molecule has 1 atom stereocenters. The first-order valence-corrected chi connectivity index (χ1v) is 9.25. The Bertz CT molecular complexity index is 473. The lowest BCUT2D eigenvalue weighted by Gasteiger charge is -2.24. The molecule has 0 radical (unpaired) electrons. The third kappa shape index (κ3) is 7.31. The predicted molar refractivity (Wildman–Crippen MR) is 78.9 cm³/mol. The van der Waals surface area contributed by atoms with Crippen LogP contribution >= 0.6 is 0 Å². The van der Waals surface area contributed by atoms with Gasteiger partial charge in [0.05, 0.1) is 5.75 Å². The molecule has 7 nitrogen and oxygen atoms in total. The van der Waals surface area contributed by atoms with Crippen molar-refractivity contribution in [2.24, 2.45) is 5.92 Å². The molecule has 0 bridgehead atoms. The summed E-state index contributed by atoms with van der Waals surface area (Å²) in [6, 6.07) is -1.60. The molecule has 0 heterocycles. The van der Waals surface area contributed by atoms with Crippen LogP contribution in [-0.2, 0) is 14.6 Å².